The van der Waals surface area contributed by atoms with Crippen LogP contribution in [0.3, 0.4) is 0 Å². The minimum absolute atomic E-state index is 0.0545. The molecule has 1 saturated carbocycles. The van der Waals surface area contributed by atoms with E-state index in [1.807, 2.05) is 20.8 Å². The summed E-state index contributed by atoms with van der Waals surface area (Å²) in [6.45, 7) is 6.16. The molecule has 24 heavy (non-hydrogen) atoms. The number of benzene rings is 1. The number of nitrogens with two attached hydrogens (primary N) is 1. The van der Waals surface area contributed by atoms with Gasteiger partial charge in [0.2, 0.25) is 11.8 Å². The van der Waals surface area contributed by atoms with Crippen molar-refractivity contribution in [1.82, 2.24) is 5.32 Å². The number of amides is 2. The Labute approximate surface area is 147 Å². The molecular weight excluding hydrogens is 330 g/mol. The van der Waals surface area contributed by atoms with Crippen LogP contribution in [0.1, 0.15) is 27.2 Å². The van der Waals surface area contributed by atoms with Crippen molar-refractivity contribution in [3.05, 3.63) is 29.3 Å². The van der Waals surface area contributed by atoms with Crippen LogP contribution in [0.4, 0.5) is 5.69 Å². The van der Waals surface area contributed by atoms with Gasteiger partial charge in [-0.1, -0.05) is 25.4 Å². The maximum atomic E-state index is 12.4. The van der Waals surface area contributed by atoms with Gasteiger partial charge in [0.15, 0.2) is 0 Å². The van der Waals surface area contributed by atoms with E-state index in [9.17, 15) is 9.59 Å². The lowest BCUT2D eigenvalue weighted by Crippen LogP contribution is -2.76. The van der Waals surface area contributed by atoms with Gasteiger partial charge in [0.1, 0.15) is 5.54 Å². The predicted octanol–water partition coefficient (Wildman–Crippen LogP) is 1.93. The molecule has 2 amide bonds. The smallest absolute Gasteiger partial charge is 0.243 e. The van der Waals surface area contributed by atoms with E-state index in [0.29, 0.717) is 23.7 Å². The van der Waals surface area contributed by atoms with Crippen LogP contribution in [0, 0.1) is 5.41 Å². The van der Waals surface area contributed by atoms with Crippen LogP contribution >= 0.6 is 11.6 Å². The Balaban J connectivity index is 1.86. The summed E-state index contributed by atoms with van der Waals surface area (Å²) in [7, 11) is 0. The number of rotatable bonds is 6. The highest BCUT2D eigenvalue weighted by Gasteiger charge is 2.62. The summed E-state index contributed by atoms with van der Waals surface area (Å²) < 4.78 is 5.60. The van der Waals surface area contributed by atoms with E-state index in [4.69, 9.17) is 22.1 Å². The monoisotopic (exact) mass is 353 g/mol. The molecule has 132 valence electrons. The maximum absolute atomic E-state index is 12.4. The van der Waals surface area contributed by atoms with Gasteiger partial charge in [-0.25, -0.2) is 0 Å². The number of carbonyl (C=O) groups excluding carboxylic acids is 2. The van der Waals surface area contributed by atoms with Gasteiger partial charge in [-0.15, -0.1) is 0 Å². The molecule has 0 bridgehead atoms. The molecule has 0 aromatic heterocycles. The summed E-state index contributed by atoms with van der Waals surface area (Å²) in [5.74, 6) is -0.664. The van der Waals surface area contributed by atoms with E-state index in [-0.39, 0.29) is 24.5 Å². The molecule has 2 unspecified atom stereocenters. The van der Waals surface area contributed by atoms with Crippen molar-refractivity contribution < 1.29 is 14.3 Å². The van der Waals surface area contributed by atoms with Crippen LogP contribution < -0.4 is 16.4 Å². The van der Waals surface area contributed by atoms with E-state index in [1.165, 1.54) is 0 Å². The number of carbonyl (C=O) groups is 2. The van der Waals surface area contributed by atoms with Gasteiger partial charge in [0, 0.05) is 29.2 Å². The largest absolute Gasteiger partial charge is 0.378 e. The Morgan fingerprint density at radius 3 is 2.50 bits per heavy atom. The molecule has 1 aliphatic carbocycles. The minimum atomic E-state index is -1.03. The molecule has 0 spiro atoms. The highest BCUT2D eigenvalue weighted by atomic mass is 35.5. The van der Waals surface area contributed by atoms with E-state index >= 15 is 0 Å². The number of ether oxygens (including phenoxy) is 1. The lowest BCUT2D eigenvalue weighted by Gasteiger charge is -2.57. The van der Waals surface area contributed by atoms with Gasteiger partial charge < -0.3 is 21.1 Å². The van der Waals surface area contributed by atoms with Crippen molar-refractivity contribution in [2.24, 2.45) is 11.1 Å². The van der Waals surface area contributed by atoms with Crippen molar-refractivity contribution >= 4 is 29.1 Å². The van der Waals surface area contributed by atoms with Crippen molar-refractivity contribution in [3.63, 3.8) is 0 Å². The lowest BCUT2D eigenvalue weighted by atomic mass is 9.54. The average molecular weight is 354 g/mol. The normalized spacial score (nSPS) is 24.8. The fraction of sp³-hybridized carbons (Fsp3) is 0.529. The lowest BCUT2D eigenvalue weighted by molar-refractivity contribution is -0.170. The second-order valence-corrected chi connectivity index (χ2v) is 7.02. The second kappa shape index (κ2) is 7.09. The fourth-order valence-electron chi connectivity index (χ4n) is 2.88. The summed E-state index contributed by atoms with van der Waals surface area (Å²) in [5.41, 5.74) is 5.35. The highest BCUT2D eigenvalue weighted by Crippen LogP contribution is 2.49. The van der Waals surface area contributed by atoms with Crippen molar-refractivity contribution in [3.8, 4) is 0 Å². The number of hydrogen-bond donors (Lipinski definition) is 3. The van der Waals surface area contributed by atoms with Gasteiger partial charge in [0.05, 0.1) is 12.6 Å². The number of anilines is 1. The van der Waals surface area contributed by atoms with Gasteiger partial charge in [-0.2, -0.15) is 0 Å². The number of halogens is 1. The molecule has 4 N–H and O–H groups in total. The molecule has 7 heteroatoms. The SMILES string of the molecule is CCOC1CC(N)(C(=O)NCC(=O)Nc2ccc(Cl)cc2)C1(C)C. The molecule has 2 rings (SSSR count). The standard InChI is InChI=1S/C17H24ClN3O3/c1-4-24-13-9-17(19,16(13,2)3)15(23)20-10-14(22)21-12-7-5-11(18)6-8-12/h5-8,13H,4,9-10,19H2,1-3H3,(H,20,23)(H,21,22). The fourth-order valence-corrected chi connectivity index (χ4v) is 3.00. The van der Waals surface area contributed by atoms with E-state index < -0.39 is 11.0 Å². The first-order valence-electron chi connectivity index (χ1n) is 7.95. The van der Waals surface area contributed by atoms with E-state index in [1.54, 1.807) is 24.3 Å². The third-order valence-electron chi connectivity index (χ3n) is 4.77. The average Bonchev–Trinajstić information content (AvgIpc) is 2.54. The molecule has 1 aromatic carbocycles. The van der Waals surface area contributed by atoms with E-state index in [2.05, 4.69) is 10.6 Å². The van der Waals surface area contributed by atoms with Gasteiger partial charge in [-0.3, -0.25) is 9.59 Å². The zero-order valence-corrected chi connectivity index (χ0v) is 14.9. The van der Waals surface area contributed by atoms with Crippen LogP contribution in [0.2, 0.25) is 5.02 Å². The molecule has 6 nitrogen and oxygen atoms in total. The van der Waals surface area contributed by atoms with Crippen molar-refractivity contribution in [2.45, 2.75) is 38.8 Å². The summed E-state index contributed by atoms with van der Waals surface area (Å²) in [5, 5.41) is 5.89. The molecular formula is C17H24ClN3O3. The topological polar surface area (TPSA) is 93.4 Å². The maximum Gasteiger partial charge on any atom is 0.243 e. The summed E-state index contributed by atoms with van der Waals surface area (Å²) in [4.78, 5) is 24.4. The van der Waals surface area contributed by atoms with Gasteiger partial charge in [0.25, 0.3) is 0 Å². The molecule has 0 saturated heterocycles. The number of nitrogens with one attached hydrogen (secondary N) is 2. The van der Waals surface area contributed by atoms with E-state index in [0.717, 1.165) is 0 Å². The number of hydrogen-bond acceptors (Lipinski definition) is 4. The minimum Gasteiger partial charge on any atom is -0.378 e. The molecule has 2 atom stereocenters. The zero-order valence-electron chi connectivity index (χ0n) is 14.2. The molecule has 1 aromatic rings. The molecule has 1 aliphatic rings. The quantitative estimate of drug-likeness (QED) is 0.728. The Hall–Kier alpha value is -1.63. The van der Waals surface area contributed by atoms with Crippen molar-refractivity contribution in [2.75, 3.05) is 18.5 Å². The van der Waals surface area contributed by atoms with Crippen LogP contribution in [0.5, 0.6) is 0 Å². The zero-order chi connectivity index (χ0) is 18.0. The van der Waals surface area contributed by atoms with Crippen LogP contribution in [-0.4, -0.2) is 36.6 Å². The molecule has 0 heterocycles. The first-order valence-corrected chi connectivity index (χ1v) is 8.32. The first kappa shape index (κ1) is 18.7. The summed E-state index contributed by atoms with van der Waals surface area (Å²) >= 11 is 5.79. The third kappa shape index (κ3) is 3.55. The van der Waals surface area contributed by atoms with Crippen molar-refractivity contribution in [1.29, 1.82) is 0 Å². The second-order valence-electron chi connectivity index (χ2n) is 6.58. The Kier molecular flexibility index (Phi) is 5.52. The van der Waals surface area contributed by atoms with Gasteiger partial charge >= 0.3 is 0 Å². The van der Waals surface area contributed by atoms with Crippen LogP contribution in [0.15, 0.2) is 24.3 Å². The molecule has 1 fully saturated rings. The van der Waals surface area contributed by atoms with Crippen LogP contribution in [0.25, 0.3) is 0 Å². The molecule has 0 aliphatic heterocycles. The third-order valence-corrected chi connectivity index (χ3v) is 5.02. The highest BCUT2D eigenvalue weighted by molar-refractivity contribution is 6.30. The Morgan fingerprint density at radius 1 is 1.33 bits per heavy atom. The Morgan fingerprint density at radius 2 is 1.96 bits per heavy atom. The predicted molar refractivity (Wildman–Crippen MR) is 93.8 cm³/mol. The Bertz CT molecular complexity index is 618. The molecule has 0 radical (unpaired) electrons. The summed E-state index contributed by atoms with van der Waals surface area (Å²) in [6.07, 6.45) is 0.388. The van der Waals surface area contributed by atoms with Gasteiger partial charge in [-0.05, 0) is 31.2 Å². The van der Waals surface area contributed by atoms with Crippen LogP contribution in [-0.2, 0) is 14.3 Å². The summed E-state index contributed by atoms with van der Waals surface area (Å²) in [6, 6.07) is 6.73. The first-order chi connectivity index (χ1) is 11.2.